The Balaban J connectivity index is 0.000000345. The molecule has 5 heterocycles. The van der Waals surface area contributed by atoms with Gasteiger partial charge in [-0.2, -0.15) is 36.7 Å². The van der Waals surface area contributed by atoms with Crippen molar-refractivity contribution >= 4 is 23.3 Å². The monoisotopic (exact) mass is 662 g/mol. The van der Waals surface area contributed by atoms with Crippen LogP contribution < -0.4 is 15.0 Å². The lowest BCUT2D eigenvalue weighted by atomic mass is 10.0. The number of rotatable bonds is 5. The van der Waals surface area contributed by atoms with Crippen LogP contribution >= 0.6 is 0 Å². The van der Waals surface area contributed by atoms with E-state index in [0.717, 1.165) is 43.2 Å². The zero-order valence-corrected chi connectivity index (χ0v) is 24.1. The summed E-state index contributed by atoms with van der Waals surface area (Å²) in [6, 6.07) is 8.74. The van der Waals surface area contributed by atoms with E-state index >= 15 is 0 Å². The summed E-state index contributed by atoms with van der Waals surface area (Å²) in [6.07, 6.45) is -5.08. The van der Waals surface area contributed by atoms with Gasteiger partial charge in [-0.1, -0.05) is 0 Å². The number of aliphatic carboxylic acids is 2. The van der Waals surface area contributed by atoms with E-state index in [4.69, 9.17) is 34.3 Å². The molecular weight excluding hydrogens is 634 g/mol. The van der Waals surface area contributed by atoms with Gasteiger partial charge in [-0.05, 0) is 32.0 Å². The number of alkyl halides is 6. The number of pyridine rings is 2. The van der Waals surface area contributed by atoms with Crippen molar-refractivity contribution in [2.45, 2.75) is 43.9 Å². The molecule has 2 aliphatic heterocycles. The number of morpholine rings is 1. The molecule has 0 aromatic carbocycles. The molecule has 5 rings (SSSR count). The number of piperazine rings is 1. The number of hydrogen-bond acceptors (Lipinski definition) is 10. The zero-order valence-electron chi connectivity index (χ0n) is 24.1. The first-order chi connectivity index (χ1) is 21.3. The molecule has 19 heteroatoms. The lowest BCUT2D eigenvalue weighted by Gasteiger charge is -2.42. The van der Waals surface area contributed by atoms with Gasteiger partial charge in [-0.25, -0.2) is 19.1 Å². The summed E-state index contributed by atoms with van der Waals surface area (Å²) in [5.41, 5.74) is 1.88. The summed E-state index contributed by atoms with van der Waals surface area (Å²) in [7, 11) is 0. The topological polar surface area (TPSA) is 183 Å². The van der Waals surface area contributed by atoms with Gasteiger partial charge in [0, 0.05) is 42.5 Å². The molecule has 13 nitrogen and oxygen atoms in total. The Morgan fingerprint density at radius 1 is 1.07 bits per heavy atom. The van der Waals surface area contributed by atoms with E-state index < -0.39 is 29.9 Å². The second-order valence-corrected chi connectivity index (χ2v) is 10.7. The molecule has 0 amide bonds. The quantitative estimate of drug-likeness (QED) is 0.294. The molecule has 2 atom stereocenters. The van der Waals surface area contributed by atoms with Crippen LogP contribution in [-0.4, -0.2) is 105 Å². The number of carboxylic acid groups (broad SMARTS) is 2. The molecule has 46 heavy (non-hydrogen) atoms. The maximum atomic E-state index is 10.6. The van der Waals surface area contributed by atoms with Gasteiger partial charge < -0.3 is 35.0 Å². The lowest BCUT2D eigenvalue weighted by Crippen LogP contribution is -2.63. The van der Waals surface area contributed by atoms with Crippen LogP contribution in [0.3, 0.4) is 0 Å². The molecule has 2 aliphatic rings. The molecule has 2 bridgehead atoms. The Morgan fingerprint density at radius 3 is 2.09 bits per heavy atom. The molecule has 250 valence electrons. The largest absolute Gasteiger partial charge is 0.490 e. The van der Waals surface area contributed by atoms with Crippen LogP contribution in [-0.2, 0) is 14.3 Å². The van der Waals surface area contributed by atoms with E-state index in [-0.39, 0.29) is 6.61 Å². The van der Waals surface area contributed by atoms with Crippen molar-refractivity contribution in [3.63, 3.8) is 0 Å². The lowest BCUT2D eigenvalue weighted by molar-refractivity contribution is -0.193. The molecule has 0 aliphatic carbocycles. The summed E-state index contributed by atoms with van der Waals surface area (Å²) < 4.78 is 76.5. The Hall–Kier alpha value is -4.67. The molecular formula is C27H28F6N6O7. The number of aromatic nitrogens is 3. The van der Waals surface area contributed by atoms with Crippen molar-refractivity contribution < 1.29 is 60.7 Å². The van der Waals surface area contributed by atoms with Crippen LogP contribution in [0.5, 0.6) is 5.75 Å². The Kier molecular flexibility index (Phi) is 11.0. The summed E-state index contributed by atoms with van der Waals surface area (Å²) in [5, 5.41) is 41.7. The highest BCUT2D eigenvalue weighted by atomic mass is 19.4. The average Bonchev–Trinajstić information content (AvgIpc) is 3.38. The van der Waals surface area contributed by atoms with Crippen LogP contribution in [0.2, 0.25) is 0 Å². The van der Waals surface area contributed by atoms with E-state index in [2.05, 4.69) is 21.4 Å². The fourth-order valence-corrected chi connectivity index (χ4v) is 4.26. The van der Waals surface area contributed by atoms with Crippen LogP contribution in [0.1, 0.15) is 19.4 Å². The first kappa shape index (κ1) is 35.8. The second-order valence-electron chi connectivity index (χ2n) is 10.7. The number of halogens is 6. The SMILES string of the molecule is CC(C)(O)COc1cc(-c2ccc(N3CC4COCC(C3)N4)nc2)c2c(C#N)cnn2c1.O=C(O)C(F)(F)F.O=C(O)C(F)(F)F. The number of ether oxygens (including phenoxy) is 2. The Labute approximate surface area is 256 Å². The standard InChI is InChI=1S/C23H26N6O3.2C2HF3O2/c1-23(2,30)14-32-19-5-20(22-16(6-24)8-26-29(22)11-19)15-3-4-21(25-7-15)28-9-17-12-31-13-18(10-28)27-17;2*3-2(4,5)1(6)7/h3-5,7-8,11,17-18,27,30H,9-10,12-14H2,1-2H3;2*(H,6,7). The Morgan fingerprint density at radius 2 is 1.63 bits per heavy atom. The number of aliphatic hydroxyl groups is 1. The first-order valence-electron chi connectivity index (χ1n) is 13.2. The number of nitrogens with zero attached hydrogens (tertiary/aromatic N) is 5. The van der Waals surface area contributed by atoms with Gasteiger partial charge in [-0.15, -0.1) is 0 Å². The van der Waals surface area contributed by atoms with Crippen molar-refractivity contribution in [3.05, 3.63) is 42.4 Å². The van der Waals surface area contributed by atoms with Gasteiger partial charge in [0.25, 0.3) is 0 Å². The fourth-order valence-electron chi connectivity index (χ4n) is 4.26. The molecule has 4 N–H and O–H groups in total. The van der Waals surface area contributed by atoms with Crippen molar-refractivity contribution in [3.8, 4) is 22.9 Å². The van der Waals surface area contributed by atoms with E-state index in [0.29, 0.717) is 28.9 Å². The van der Waals surface area contributed by atoms with Crippen LogP contribution in [0.15, 0.2) is 36.8 Å². The first-order valence-corrected chi connectivity index (χ1v) is 13.2. The maximum absolute atomic E-state index is 10.6. The van der Waals surface area contributed by atoms with E-state index in [1.165, 1.54) is 0 Å². The molecule has 2 fully saturated rings. The molecule has 0 saturated carbocycles. The van der Waals surface area contributed by atoms with Crippen LogP contribution in [0.4, 0.5) is 32.2 Å². The van der Waals surface area contributed by atoms with Crippen LogP contribution in [0.25, 0.3) is 16.6 Å². The van der Waals surface area contributed by atoms with Crippen molar-refractivity contribution in [2.24, 2.45) is 0 Å². The third-order valence-corrected chi connectivity index (χ3v) is 6.16. The van der Waals surface area contributed by atoms with Crippen molar-refractivity contribution in [1.29, 1.82) is 5.26 Å². The second kappa shape index (κ2) is 14.2. The van der Waals surface area contributed by atoms with Crippen LogP contribution in [0, 0.1) is 11.3 Å². The van der Waals surface area contributed by atoms with E-state index in [9.17, 15) is 36.7 Å². The summed E-state index contributed by atoms with van der Waals surface area (Å²) >= 11 is 0. The minimum atomic E-state index is -5.08. The number of nitrogens with one attached hydrogen (secondary N) is 1. The number of carbonyl (C=O) groups is 2. The average molecular weight is 663 g/mol. The normalized spacial score (nSPS) is 18.0. The van der Waals surface area contributed by atoms with E-state index in [1.807, 2.05) is 24.4 Å². The Bertz CT molecular complexity index is 1530. The molecule has 2 unspecified atom stereocenters. The van der Waals surface area contributed by atoms with Crippen molar-refractivity contribution in [1.82, 2.24) is 19.9 Å². The predicted molar refractivity (Wildman–Crippen MR) is 146 cm³/mol. The fraction of sp³-hybridized carbons (Fsp3) is 0.444. The minimum Gasteiger partial charge on any atom is -0.489 e. The third-order valence-electron chi connectivity index (χ3n) is 6.16. The van der Waals surface area contributed by atoms with Gasteiger partial charge in [0.05, 0.1) is 42.3 Å². The minimum absolute atomic E-state index is 0.135. The molecule has 0 spiro atoms. The predicted octanol–water partition coefficient (Wildman–Crippen LogP) is 2.86. The third kappa shape index (κ3) is 9.92. The summed E-state index contributed by atoms with van der Waals surface area (Å²) in [5.74, 6) is -4.03. The highest BCUT2D eigenvalue weighted by Gasteiger charge is 2.39. The summed E-state index contributed by atoms with van der Waals surface area (Å²) in [4.78, 5) is 24.8. The summed E-state index contributed by atoms with van der Waals surface area (Å²) in [6.45, 7) is 6.66. The van der Waals surface area contributed by atoms with E-state index in [1.54, 1.807) is 30.8 Å². The maximum Gasteiger partial charge on any atom is 0.490 e. The van der Waals surface area contributed by atoms with Gasteiger partial charge in [0.2, 0.25) is 0 Å². The molecule has 3 aromatic rings. The number of hydrogen-bond donors (Lipinski definition) is 4. The molecule has 2 saturated heterocycles. The highest BCUT2D eigenvalue weighted by molar-refractivity contribution is 5.85. The van der Waals surface area contributed by atoms with Gasteiger partial charge in [-0.3, -0.25) is 0 Å². The number of carboxylic acids is 2. The smallest absolute Gasteiger partial charge is 0.489 e. The zero-order chi connectivity index (χ0) is 34.4. The van der Waals surface area contributed by atoms with Gasteiger partial charge in [0.15, 0.2) is 0 Å². The molecule has 0 radical (unpaired) electrons. The van der Waals surface area contributed by atoms with Gasteiger partial charge in [0.1, 0.15) is 24.2 Å². The molecule has 3 aromatic heterocycles. The number of nitriles is 1. The van der Waals surface area contributed by atoms with Gasteiger partial charge >= 0.3 is 24.3 Å². The number of anilines is 1. The van der Waals surface area contributed by atoms with Crippen molar-refractivity contribution in [2.75, 3.05) is 37.8 Å². The number of fused-ring (bicyclic) bond motifs is 3. The highest BCUT2D eigenvalue weighted by Crippen LogP contribution is 2.32.